The number of hydrogen-bond acceptors (Lipinski definition) is 7. The molecule has 3 atom stereocenters. The van der Waals surface area contributed by atoms with Crippen LogP contribution >= 0.6 is 7.82 Å². The van der Waals surface area contributed by atoms with Crippen LogP contribution in [0.3, 0.4) is 0 Å². The second-order valence-corrected chi connectivity index (χ2v) is 28.2. The first-order valence-corrected chi connectivity index (χ1v) is 38.6. The topological polar surface area (TPSA) is 114 Å². The fraction of sp³-hybridized carbons (Fsp3) is 0.919. The van der Waals surface area contributed by atoms with E-state index in [1.165, 1.54) is 295 Å². The third-order valence-corrected chi connectivity index (χ3v) is 18.1. The lowest BCUT2D eigenvalue weighted by Crippen LogP contribution is -2.47. The zero-order valence-electron chi connectivity index (χ0n) is 57.1. The number of phosphoric acid groups is 1. The zero-order chi connectivity index (χ0) is 61.4. The first-order chi connectivity index (χ1) is 40.9. The summed E-state index contributed by atoms with van der Waals surface area (Å²) in [6, 6.07) is -0.883. The summed E-state index contributed by atoms with van der Waals surface area (Å²) in [6.07, 6.45) is 78.8. The van der Waals surface area contributed by atoms with E-state index in [-0.39, 0.29) is 31.5 Å². The predicted octanol–water partition coefficient (Wildman–Crippen LogP) is 23.0. The molecule has 0 aliphatic carbocycles. The van der Waals surface area contributed by atoms with Gasteiger partial charge in [-0.1, -0.05) is 341 Å². The Balaban J connectivity index is 4.94. The second kappa shape index (κ2) is 64.5. The number of nitrogens with one attached hydrogen (secondary N) is 1. The average molecular weight is 1210 g/mol. The number of phosphoric ester groups is 1. The lowest BCUT2D eigenvalue weighted by Gasteiger charge is -2.30. The molecule has 9 nitrogen and oxygen atoms in total. The van der Waals surface area contributed by atoms with Gasteiger partial charge in [-0.2, -0.15) is 0 Å². The fourth-order valence-electron chi connectivity index (χ4n) is 11.4. The van der Waals surface area contributed by atoms with Crippen molar-refractivity contribution in [1.82, 2.24) is 5.32 Å². The van der Waals surface area contributed by atoms with Gasteiger partial charge >= 0.3 is 5.97 Å². The number of esters is 1. The largest absolute Gasteiger partial charge is 0.756 e. The van der Waals surface area contributed by atoms with E-state index in [1.54, 1.807) is 0 Å². The van der Waals surface area contributed by atoms with Crippen LogP contribution in [0, 0.1) is 0 Å². The first kappa shape index (κ1) is 82.5. The Morgan fingerprint density at radius 2 is 0.690 bits per heavy atom. The third-order valence-electron chi connectivity index (χ3n) is 17.1. The van der Waals surface area contributed by atoms with Crippen LogP contribution in [-0.4, -0.2) is 69.4 Å². The molecule has 1 amide bonds. The molecule has 84 heavy (non-hydrogen) atoms. The maximum absolute atomic E-state index is 13.6. The highest BCUT2D eigenvalue weighted by atomic mass is 31.2. The molecule has 0 saturated heterocycles. The minimum Gasteiger partial charge on any atom is -0.756 e. The summed E-state index contributed by atoms with van der Waals surface area (Å²) in [4.78, 5) is 40.2. The van der Waals surface area contributed by atoms with Crippen molar-refractivity contribution in [3.05, 3.63) is 24.3 Å². The van der Waals surface area contributed by atoms with Crippen LogP contribution in [0.5, 0.6) is 0 Å². The monoisotopic (exact) mass is 1210 g/mol. The lowest BCUT2D eigenvalue weighted by atomic mass is 10.0. The maximum Gasteiger partial charge on any atom is 0.306 e. The van der Waals surface area contributed by atoms with E-state index in [4.69, 9.17) is 13.8 Å². The number of nitrogens with zero attached hydrogens (tertiary/aromatic N) is 1. The van der Waals surface area contributed by atoms with E-state index < -0.39 is 20.0 Å². The molecule has 0 aromatic carbocycles. The first-order valence-electron chi connectivity index (χ1n) is 37.1. The molecule has 1 N–H and O–H groups in total. The smallest absolute Gasteiger partial charge is 0.306 e. The van der Waals surface area contributed by atoms with Gasteiger partial charge in [0.15, 0.2) is 0 Å². The van der Waals surface area contributed by atoms with Crippen molar-refractivity contribution < 1.29 is 37.3 Å². The Morgan fingerprint density at radius 1 is 0.405 bits per heavy atom. The minimum atomic E-state index is -4.70. The summed E-state index contributed by atoms with van der Waals surface area (Å²) in [5.41, 5.74) is 0. The van der Waals surface area contributed by atoms with E-state index in [2.05, 4.69) is 38.2 Å². The van der Waals surface area contributed by atoms with Gasteiger partial charge in [0, 0.05) is 12.8 Å². The number of quaternary nitrogens is 1. The Hall–Kier alpha value is -1.51. The van der Waals surface area contributed by atoms with Crippen LogP contribution in [0.2, 0.25) is 0 Å². The number of allylic oxidation sites excluding steroid dienone is 3. The van der Waals surface area contributed by atoms with Gasteiger partial charge in [-0.3, -0.25) is 14.2 Å². The molecule has 0 heterocycles. The van der Waals surface area contributed by atoms with Crippen LogP contribution in [0.15, 0.2) is 24.3 Å². The van der Waals surface area contributed by atoms with Crippen molar-refractivity contribution in [3.8, 4) is 0 Å². The number of hydrogen-bond donors (Lipinski definition) is 1. The Bertz CT molecular complexity index is 1480. The second-order valence-electron chi connectivity index (χ2n) is 26.8. The summed E-state index contributed by atoms with van der Waals surface area (Å²) < 4.78 is 30.5. The average Bonchev–Trinajstić information content (AvgIpc) is 3.64. The van der Waals surface area contributed by atoms with E-state index in [1.807, 2.05) is 33.3 Å². The molecule has 498 valence electrons. The van der Waals surface area contributed by atoms with Crippen LogP contribution in [-0.2, 0) is 27.9 Å². The Morgan fingerprint density at radius 3 is 1.01 bits per heavy atom. The highest BCUT2D eigenvalue weighted by molar-refractivity contribution is 7.45. The summed E-state index contributed by atoms with van der Waals surface area (Å²) in [7, 11) is 1.21. The number of carbonyl (C=O) groups excluding carboxylic acids is 2. The standard InChI is InChI=1S/C74H145N2O7P/c1-7-10-13-16-19-22-25-28-30-32-34-35-36-37-38-39-40-41-43-44-46-48-51-54-57-60-63-66-73(77)75-71(70-82-84(79,80)81-69-68-76(4,5)6)72(65-62-59-56-53-50-27-24-21-18-15-12-9-3)83-74(78)67-64-61-58-55-52-49-47-45-42-33-31-29-26-23-20-17-14-11-8-2/h28,30,62,65,71-72H,7-27,29,31-61,63-64,66-70H2,1-6H3,(H-,75,77,79,80)/b30-28+,65-62-. The normalized spacial score (nSPS) is 13.6. The summed E-state index contributed by atoms with van der Waals surface area (Å²) in [6.45, 7) is 6.91. The number of rotatable bonds is 69. The van der Waals surface area contributed by atoms with Gasteiger partial charge in [0.25, 0.3) is 7.82 Å². The minimum absolute atomic E-state index is 0.0176. The Kier molecular flexibility index (Phi) is 63.3. The fourth-order valence-corrected chi connectivity index (χ4v) is 12.1. The summed E-state index contributed by atoms with van der Waals surface area (Å²) in [5, 5.41) is 3.05. The van der Waals surface area contributed by atoms with Crippen molar-refractivity contribution in [2.45, 2.75) is 399 Å². The van der Waals surface area contributed by atoms with Crippen molar-refractivity contribution in [2.24, 2.45) is 0 Å². The quantitative estimate of drug-likeness (QED) is 0.0212. The van der Waals surface area contributed by atoms with Gasteiger partial charge in [-0.25, -0.2) is 0 Å². The molecule has 0 bridgehead atoms. The molecule has 0 aliphatic rings. The molecule has 10 heteroatoms. The molecule has 0 radical (unpaired) electrons. The van der Waals surface area contributed by atoms with Crippen molar-refractivity contribution >= 4 is 19.7 Å². The number of ether oxygens (including phenoxy) is 1. The predicted molar refractivity (Wildman–Crippen MR) is 363 cm³/mol. The Labute approximate surface area is 524 Å². The molecule has 0 aromatic heterocycles. The molecule has 0 fully saturated rings. The van der Waals surface area contributed by atoms with E-state index in [9.17, 15) is 19.0 Å². The van der Waals surface area contributed by atoms with Crippen molar-refractivity contribution in [1.29, 1.82) is 0 Å². The maximum atomic E-state index is 13.6. The van der Waals surface area contributed by atoms with Gasteiger partial charge in [0.2, 0.25) is 5.91 Å². The van der Waals surface area contributed by atoms with E-state index in [0.717, 1.165) is 57.8 Å². The number of likely N-dealkylation sites (N-methyl/N-ethyl adjacent to an activating group) is 1. The van der Waals surface area contributed by atoms with Crippen molar-refractivity contribution in [2.75, 3.05) is 40.9 Å². The van der Waals surface area contributed by atoms with E-state index >= 15 is 0 Å². The molecule has 3 unspecified atom stereocenters. The van der Waals surface area contributed by atoms with Crippen LogP contribution < -0.4 is 10.2 Å². The zero-order valence-corrected chi connectivity index (χ0v) is 58.0. The van der Waals surface area contributed by atoms with Gasteiger partial charge in [-0.15, -0.1) is 0 Å². The third kappa shape index (κ3) is 64.9. The number of unbranched alkanes of at least 4 members (excludes halogenated alkanes) is 51. The van der Waals surface area contributed by atoms with E-state index in [0.29, 0.717) is 17.4 Å². The molecule has 0 spiro atoms. The molecule has 0 rings (SSSR count). The molecule has 0 saturated carbocycles. The highest BCUT2D eigenvalue weighted by Crippen LogP contribution is 2.38. The lowest BCUT2D eigenvalue weighted by molar-refractivity contribution is -0.870. The van der Waals surface area contributed by atoms with Crippen LogP contribution in [0.25, 0.3) is 0 Å². The summed E-state index contributed by atoms with van der Waals surface area (Å²) >= 11 is 0. The van der Waals surface area contributed by atoms with Crippen molar-refractivity contribution in [3.63, 3.8) is 0 Å². The molecular formula is C74H145N2O7P. The van der Waals surface area contributed by atoms with Gasteiger partial charge in [0.05, 0.1) is 33.8 Å². The van der Waals surface area contributed by atoms with Gasteiger partial charge < -0.3 is 28.5 Å². The summed E-state index contributed by atoms with van der Waals surface area (Å²) in [5.74, 6) is -0.515. The SMILES string of the molecule is CCCCCCCC/C=C/CCCCCCCCCCCCCCCCCCCC(=O)NC(COP(=O)([O-])OCC[N+](C)(C)C)C(/C=C\CCCCCCCCCCCC)OC(=O)CCCCCCCCCCCCCCCCCCCCC. The number of amides is 1. The van der Waals surface area contributed by atoms with Gasteiger partial charge in [0.1, 0.15) is 19.3 Å². The van der Waals surface area contributed by atoms with Crippen LogP contribution in [0.4, 0.5) is 0 Å². The number of carbonyl (C=O) groups is 2. The highest BCUT2D eigenvalue weighted by Gasteiger charge is 2.27. The van der Waals surface area contributed by atoms with Gasteiger partial charge in [-0.05, 0) is 57.4 Å². The molecule has 0 aromatic rings. The molecular weight excluding hydrogens is 1060 g/mol. The van der Waals surface area contributed by atoms with Crippen LogP contribution in [0.1, 0.15) is 387 Å². The molecule has 0 aliphatic heterocycles.